The molecule has 2 unspecified atom stereocenters. The maximum absolute atomic E-state index is 11.9. The average Bonchev–Trinajstić information content (AvgIpc) is 2.66. The molecule has 0 saturated carbocycles. The van der Waals surface area contributed by atoms with Crippen LogP contribution in [0.15, 0.2) is 24.3 Å². The van der Waals surface area contributed by atoms with Gasteiger partial charge in [0.25, 0.3) is 0 Å². The molecule has 0 bridgehead atoms. The van der Waals surface area contributed by atoms with Gasteiger partial charge in [-0.1, -0.05) is 23.7 Å². The number of halogens is 1. The number of rotatable bonds is 4. The van der Waals surface area contributed by atoms with E-state index in [2.05, 4.69) is 10.6 Å². The Kier molecular flexibility index (Phi) is 4.62. The number of nitrogens with zero attached hydrogens (tertiary/aromatic N) is 1. The summed E-state index contributed by atoms with van der Waals surface area (Å²) in [5.74, 6) is -0.0840. The molecule has 1 aromatic rings. The monoisotopic (exact) mass is 295 g/mol. The number of amides is 2. The van der Waals surface area contributed by atoms with Crippen molar-refractivity contribution in [2.45, 2.75) is 18.5 Å². The van der Waals surface area contributed by atoms with Crippen molar-refractivity contribution < 1.29 is 9.59 Å². The first-order valence-corrected chi connectivity index (χ1v) is 6.86. The number of hydrogen-bond donors (Lipinski definition) is 2. The Bertz CT molecular complexity index is 504. The van der Waals surface area contributed by atoms with Crippen molar-refractivity contribution in [1.82, 2.24) is 15.5 Å². The summed E-state index contributed by atoms with van der Waals surface area (Å²) in [5.41, 5.74) is 0.970. The van der Waals surface area contributed by atoms with Gasteiger partial charge in [0.1, 0.15) is 0 Å². The van der Waals surface area contributed by atoms with Gasteiger partial charge >= 0.3 is 0 Å². The van der Waals surface area contributed by atoms with Crippen LogP contribution in [-0.2, 0) is 9.59 Å². The van der Waals surface area contributed by atoms with Crippen LogP contribution >= 0.6 is 11.6 Å². The van der Waals surface area contributed by atoms with Crippen LogP contribution < -0.4 is 10.6 Å². The summed E-state index contributed by atoms with van der Waals surface area (Å²) < 4.78 is 0. The first kappa shape index (κ1) is 14.8. The highest BCUT2D eigenvalue weighted by atomic mass is 35.5. The molecule has 1 aromatic carbocycles. The molecule has 1 aliphatic heterocycles. The molecule has 6 heteroatoms. The third-order valence-corrected chi connectivity index (χ3v) is 3.73. The van der Waals surface area contributed by atoms with E-state index in [0.717, 1.165) is 5.56 Å². The minimum Gasteiger partial charge on any atom is -0.349 e. The molecule has 1 aliphatic rings. The van der Waals surface area contributed by atoms with E-state index in [9.17, 15) is 9.59 Å². The normalized spacial score (nSPS) is 22.1. The van der Waals surface area contributed by atoms with Gasteiger partial charge in [-0.25, -0.2) is 0 Å². The molecule has 2 N–H and O–H groups in total. The molecule has 0 aromatic heterocycles. The standard InChI is InChI=1S/C14H18ClN3O2/c1-16-8-12(19)17-11-7-13(20)18(2)14(11)9-3-5-10(15)6-4-9/h3-6,11,14,16H,7-8H2,1-2H3,(H,17,19). The van der Waals surface area contributed by atoms with Crippen molar-refractivity contribution in [2.75, 3.05) is 20.6 Å². The molecule has 1 fully saturated rings. The van der Waals surface area contributed by atoms with Gasteiger partial charge in [-0.2, -0.15) is 0 Å². The number of benzene rings is 1. The molecule has 0 spiro atoms. The molecule has 108 valence electrons. The molecule has 0 radical (unpaired) electrons. The van der Waals surface area contributed by atoms with Crippen LogP contribution in [0, 0.1) is 0 Å². The van der Waals surface area contributed by atoms with Crippen molar-refractivity contribution in [3.8, 4) is 0 Å². The summed E-state index contributed by atoms with van der Waals surface area (Å²) in [4.78, 5) is 25.3. The van der Waals surface area contributed by atoms with Gasteiger partial charge in [-0.05, 0) is 24.7 Å². The molecule has 0 aliphatic carbocycles. The second kappa shape index (κ2) is 6.24. The first-order chi connectivity index (χ1) is 9.52. The SMILES string of the molecule is CNCC(=O)NC1CC(=O)N(C)C1c1ccc(Cl)cc1. The number of likely N-dealkylation sites (N-methyl/N-ethyl adjacent to an activating group) is 2. The summed E-state index contributed by atoms with van der Waals surface area (Å²) in [6.07, 6.45) is 0.319. The zero-order valence-electron chi connectivity index (χ0n) is 11.5. The smallest absolute Gasteiger partial charge is 0.234 e. The fourth-order valence-corrected chi connectivity index (χ4v) is 2.66. The molecular formula is C14H18ClN3O2. The van der Waals surface area contributed by atoms with E-state index in [4.69, 9.17) is 11.6 Å². The fourth-order valence-electron chi connectivity index (χ4n) is 2.53. The Morgan fingerprint density at radius 1 is 1.40 bits per heavy atom. The van der Waals surface area contributed by atoms with Crippen LogP contribution in [-0.4, -0.2) is 43.4 Å². The van der Waals surface area contributed by atoms with E-state index in [0.29, 0.717) is 11.4 Å². The highest BCUT2D eigenvalue weighted by molar-refractivity contribution is 6.30. The number of nitrogens with one attached hydrogen (secondary N) is 2. The predicted molar refractivity (Wildman–Crippen MR) is 77.4 cm³/mol. The molecular weight excluding hydrogens is 278 g/mol. The molecule has 20 heavy (non-hydrogen) atoms. The number of carbonyl (C=O) groups is 2. The lowest BCUT2D eigenvalue weighted by atomic mass is 10.00. The van der Waals surface area contributed by atoms with Crippen LogP contribution in [0.2, 0.25) is 5.02 Å². The summed E-state index contributed by atoms with van der Waals surface area (Å²) in [6.45, 7) is 0.238. The molecule has 2 rings (SSSR count). The average molecular weight is 296 g/mol. The topological polar surface area (TPSA) is 61.4 Å². The maximum Gasteiger partial charge on any atom is 0.234 e. The Balaban J connectivity index is 2.19. The first-order valence-electron chi connectivity index (χ1n) is 6.48. The third-order valence-electron chi connectivity index (χ3n) is 3.48. The second-order valence-corrected chi connectivity index (χ2v) is 5.35. The van der Waals surface area contributed by atoms with E-state index < -0.39 is 0 Å². The molecule has 1 saturated heterocycles. The van der Waals surface area contributed by atoms with Crippen molar-refractivity contribution in [2.24, 2.45) is 0 Å². The summed E-state index contributed by atoms with van der Waals surface area (Å²) >= 11 is 5.89. The van der Waals surface area contributed by atoms with E-state index in [-0.39, 0.29) is 30.4 Å². The van der Waals surface area contributed by atoms with Gasteiger partial charge in [0.15, 0.2) is 0 Å². The Morgan fingerprint density at radius 3 is 2.65 bits per heavy atom. The van der Waals surface area contributed by atoms with Gasteiger partial charge in [0.05, 0.1) is 18.6 Å². The van der Waals surface area contributed by atoms with Gasteiger partial charge in [0, 0.05) is 18.5 Å². The Morgan fingerprint density at radius 2 is 2.05 bits per heavy atom. The van der Waals surface area contributed by atoms with Crippen LogP contribution in [0.25, 0.3) is 0 Å². The molecule has 1 heterocycles. The number of carbonyl (C=O) groups excluding carboxylic acids is 2. The van der Waals surface area contributed by atoms with E-state index in [1.807, 2.05) is 12.1 Å². The van der Waals surface area contributed by atoms with Crippen LogP contribution in [0.5, 0.6) is 0 Å². The summed E-state index contributed by atoms with van der Waals surface area (Å²) in [7, 11) is 3.47. The van der Waals surface area contributed by atoms with Gasteiger partial charge in [0.2, 0.25) is 11.8 Å². The fraction of sp³-hybridized carbons (Fsp3) is 0.429. The molecule has 2 amide bonds. The van der Waals surface area contributed by atoms with Crippen LogP contribution in [0.1, 0.15) is 18.0 Å². The number of hydrogen-bond acceptors (Lipinski definition) is 3. The maximum atomic E-state index is 11.9. The van der Waals surface area contributed by atoms with Crippen LogP contribution in [0.3, 0.4) is 0 Å². The van der Waals surface area contributed by atoms with Crippen molar-refractivity contribution in [3.63, 3.8) is 0 Å². The van der Waals surface area contributed by atoms with Gasteiger partial charge < -0.3 is 15.5 Å². The van der Waals surface area contributed by atoms with Crippen LogP contribution in [0.4, 0.5) is 0 Å². The van der Waals surface area contributed by atoms with Crippen molar-refractivity contribution >= 4 is 23.4 Å². The lowest BCUT2D eigenvalue weighted by Crippen LogP contribution is -2.42. The largest absolute Gasteiger partial charge is 0.349 e. The second-order valence-electron chi connectivity index (χ2n) is 4.91. The van der Waals surface area contributed by atoms with Gasteiger partial charge in [-0.3, -0.25) is 9.59 Å². The van der Waals surface area contributed by atoms with E-state index in [1.54, 1.807) is 31.1 Å². The summed E-state index contributed by atoms with van der Waals surface area (Å²) in [6, 6.07) is 6.99. The van der Waals surface area contributed by atoms with E-state index in [1.165, 1.54) is 0 Å². The minimum absolute atomic E-state index is 0.0275. The van der Waals surface area contributed by atoms with Gasteiger partial charge in [-0.15, -0.1) is 0 Å². The lowest BCUT2D eigenvalue weighted by Gasteiger charge is -2.26. The summed E-state index contributed by atoms with van der Waals surface area (Å²) in [5, 5.41) is 6.35. The highest BCUT2D eigenvalue weighted by Crippen LogP contribution is 2.32. The zero-order chi connectivity index (χ0) is 14.7. The Hall–Kier alpha value is -1.59. The van der Waals surface area contributed by atoms with Crippen molar-refractivity contribution in [3.05, 3.63) is 34.9 Å². The minimum atomic E-state index is -0.213. The zero-order valence-corrected chi connectivity index (χ0v) is 12.3. The quantitative estimate of drug-likeness (QED) is 0.869. The predicted octanol–water partition coefficient (Wildman–Crippen LogP) is 0.947. The highest BCUT2D eigenvalue weighted by Gasteiger charge is 2.39. The number of likely N-dealkylation sites (tertiary alicyclic amines) is 1. The molecule has 2 atom stereocenters. The van der Waals surface area contributed by atoms with Crippen molar-refractivity contribution in [1.29, 1.82) is 0 Å². The third kappa shape index (κ3) is 3.11. The lowest BCUT2D eigenvalue weighted by molar-refractivity contribution is -0.127. The molecule has 5 nitrogen and oxygen atoms in total. The van der Waals surface area contributed by atoms with E-state index >= 15 is 0 Å². The Labute approximate surface area is 123 Å².